The molecule has 96 valence electrons. The van der Waals surface area contributed by atoms with E-state index in [0.29, 0.717) is 0 Å². The first kappa shape index (κ1) is 13.8. The molecule has 0 bridgehead atoms. The molecule has 1 N–H and O–H groups in total. The maximum absolute atomic E-state index is 4.33. The maximum Gasteiger partial charge on any atom is 0.0616 e. The zero-order chi connectivity index (χ0) is 13.1. The molecule has 0 aliphatic rings. The lowest BCUT2D eigenvalue weighted by Gasteiger charge is -2.17. The molecule has 3 nitrogen and oxygen atoms in total. The van der Waals surface area contributed by atoms with Gasteiger partial charge in [0.2, 0.25) is 0 Å². The van der Waals surface area contributed by atoms with Crippen LogP contribution in [0.5, 0.6) is 0 Å². The number of aryl methyl sites for hydroxylation is 1. The van der Waals surface area contributed by atoms with Crippen molar-refractivity contribution in [1.29, 1.82) is 0 Å². The van der Waals surface area contributed by atoms with Crippen molar-refractivity contribution in [3.8, 4) is 0 Å². The SMILES string of the molecule is CCn1cc(C(NC)c2ccc(Br)cc2Br)cn1. The summed E-state index contributed by atoms with van der Waals surface area (Å²) in [6.45, 7) is 2.97. The first-order chi connectivity index (χ1) is 8.65. The predicted molar refractivity (Wildman–Crippen MR) is 80.6 cm³/mol. The van der Waals surface area contributed by atoms with Crippen molar-refractivity contribution in [2.24, 2.45) is 0 Å². The highest BCUT2D eigenvalue weighted by Crippen LogP contribution is 2.30. The molecule has 1 aromatic carbocycles. The Morgan fingerprint density at radius 1 is 1.39 bits per heavy atom. The fraction of sp³-hybridized carbons (Fsp3) is 0.308. The van der Waals surface area contributed by atoms with Gasteiger partial charge in [-0.3, -0.25) is 4.68 Å². The van der Waals surface area contributed by atoms with Crippen molar-refractivity contribution < 1.29 is 0 Å². The summed E-state index contributed by atoms with van der Waals surface area (Å²) in [6.07, 6.45) is 3.99. The number of rotatable bonds is 4. The van der Waals surface area contributed by atoms with Crippen LogP contribution in [0.25, 0.3) is 0 Å². The maximum atomic E-state index is 4.33. The first-order valence-corrected chi connectivity index (χ1v) is 7.39. The third kappa shape index (κ3) is 2.84. The van der Waals surface area contributed by atoms with Gasteiger partial charge in [-0.15, -0.1) is 0 Å². The normalized spacial score (nSPS) is 12.7. The lowest BCUT2D eigenvalue weighted by molar-refractivity contribution is 0.653. The van der Waals surface area contributed by atoms with Crippen LogP contribution in [-0.2, 0) is 6.54 Å². The molecule has 2 rings (SSSR count). The number of halogens is 2. The van der Waals surface area contributed by atoms with E-state index < -0.39 is 0 Å². The topological polar surface area (TPSA) is 29.9 Å². The van der Waals surface area contributed by atoms with Gasteiger partial charge in [-0.1, -0.05) is 37.9 Å². The van der Waals surface area contributed by atoms with Crippen LogP contribution < -0.4 is 5.32 Å². The molecule has 1 heterocycles. The van der Waals surface area contributed by atoms with Crippen molar-refractivity contribution in [2.75, 3.05) is 7.05 Å². The molecule has 0 aliphatic carbocycles. The molecule has 0 aliphatic heterocycles. The Labute approximate surface area is 124 Å². The molecule has 5 heteroatoms. The molecular weight excluding hydrogens is 358 g/mol. The summed E-state index contributed by atoms with van der Waals surface area (Å²) in [5.41, 5.74) is 2.37. The van der Waals surface area contributed by atoms with E-state index in [-0.39, 0.29) is 6.04 Å². The summed E-state index contributed by atoms with van der Waals surface area (Å²) in [7, 11) is 1.96. The molecule has 0 amide bonds. The fourth-order valence-electron chi connectivity index (χ4n) is 1.94. The van der Waals surface area contributed by atoms with Crippen LogP contribution in [0, 0.1) is 0 Å². The van der Waals surface area contributed by atoms with Crippen molar-refractivity contribution >= 4 is 31.9 Å². The van der Waals surface area contributed by atoms with E-state index in [1.807, 2.05) is 17.9 Å². The van der Waals surface area contributed by atoms with E-state index in [9.17, 15) is 0 Å². The molecule has 1 aromatic heterocycles. The Hall–Kier alpha value is -0.650. The van der Waals surface area contributed by atoms with Gasteiger partial charge in [0.25, 0.3) is 0 Å². The predicted octanol–water partition coefficient (Wildman–Crippen LogP) is 3.74. The average molecular weight is 373 g/mol. The minimum absolute atomic E-state index is 0.146. The molecule has 0 saturated heterocycles. The molecular formula is C13H15Br2N3. The third-order valence-corrected chi connectivity index (χ3v) is 4.05. The number of benzene rings is 1. The van der Waals surface area contributed by atoms with E-state index in [2.05, 4.69) is 73.6 Å². The summed E-state index contributed by atoms with van der Waals surface area (Å²) >= 11 is 7.08. The fourth-order valence-corrected chi connectivity index (χ4v) is 3.21. The number of hydrogen-bond acceptors (Lipinski definition) is 2. The van der Waals surface area contributed by atoms with Gasteiger partial charge in [0.15, 0.2) is 0 Å². The van der Waals surface area contributed by atoms with Gasteiger partial charge in [0.05, 0.1) is 12.2 Å². The Morgan fingerprint density at radius 3 is 2.72 bits per heavy atom. The second-order valence-corrected chi connectivity index (χ2v) is 5.79. The van der Waals surface area contributed by atoms with E-state index in [1.165, 1.54) is 11.1 Å². The highest BCUT2D eigenvalue weighted by Gasteiger charge is 2.16. The summed E-state index contributed by atoms with van der Waals surface area (Å²) in [5.74, 6) is 0. The largest absolute Gasteiger partial charge is 0.309 e. The molecule has 1 unspecified atom stereocenters. The minimum atomic E-state index is 0.146. The summed E-state index contributed by atoms with van der Waals surface area (Å²) in [5, 5.41) is 7.66. The molecule has 0 saturated carbocycles. The van der Waals surface area contributed by atoms with Crippen molar-refractivity contribution in [1.82, 2.24) is 15.1 Å². The zero-order valence-corrected chi connectivity index (χ0v) is 13.5. The van der Waals surface area contributed by atoms with Crippen LogP contribution in [0.3, 0.4) is 0 Å². The molecule has 2 aromatic rings. The van der Waals surface area contributed by atoms with Gasteiger partial charge in [0.1, 0.15) is 0 Å². The minimum Gasteiger partial charge on any atom is -0.309 e. The van der Waals surface area contributed by atoms with E-state index >= 15 is 0 Å². The number of aromatic nitrogens is 2. The van der Waals surface area contributed by atoms with Gasteiger partial charge in [-0.2, -0.15) is 5.10 Å². The van der Waals surface area contributed by atoms with Gasteiger partial charge < -0.3 is 5.32 Å². The average Bonchev–Trinajstić information content (AvgIpc) is 2.81. The van der Waals surface area contributed by atoms with E-state index in [1.54, 1.807) is 0 Å². The second kappa shape index (κ2) is 5.99. The van der Waals surface area contributed by atoms with Gasteiger partial charge in [-0.25, -0.2) is 0 Å². The Kier molecular flexibility index (Phi) is 4.59. The van der Waals surface area contributed by atoms with E-state index in [0.717, 1.165) is 15.5 Å². The van der Waals surface area contributed by atoms with Crippen LogP contribution in [-0.4, -0.2) is 16.8 Å². The molecule has 0 spiro atoms. The van der Waals surface area contributed by atoms with Gasteiger partial charge >= 0.3 is 0 Å². The molecule has 0 fully saturated rings. The lowest BCUT2D eigenvalue weighted by atomic mass is 10.0. The number of nitrogens with zero attached hydrogens (tertiary/aromatic N) is 2. The van der Waals surface area contributed by atoms with Crippen molar-refractivity contribution in [3.05, 3.63) is 50.7 Å². The smallest absolute Gasteiger partial charge is 0.0616 e. The quantitative estimate of drug-likeness (QED) is 0.885. The second-order valence-electron chi connectivity index (χ2n) is 4.02. The summed E-state index contributed by atoms with van der Waals surface area (Å²) in [4.78, 5) is 0. The highest BCUT2D eigenvalue weighted by atomic mass is 79.9. The van der Waals surface area contributed by atoms with Crippen LogP contribution in [0.15, 0.2) is 39.5 Å². The Bertz CT molecular complexity index is 537. The van der Waals surface area contributed by atoms with Crippen LogP contribution in [0.4, 0.5) is 0 Å². The molecule has 1 atom stereocenters. The van der Waals surface area contributed by atoms with Crippen LogP contribution in [0.2, 0.25) is 0 Å². The van der Waals surface area contributed by atoms with Gasteiger partial charge in [0, 0.05) is 27.3 Å². The Balaban J connectivity index is 2.38. The first-order valence-electron chi connectivity index (χ1n) is 5.80. The van der Waals surface area contributed by atoms with Crippen LogP contribution in [0.1, 0.15) is 24.1 Å². The number of nitrogens with one attached hydrogen (secondary N) is 1. The lowest BCUT2D eigenvalue weighted by Crippen LogP contribution is -2.17. The van der Waals surface area contributed by atoms with Crippen molar-refractivity contribution in [3.63, 3.8) is 0 Å². The van der Waals surface area contributed by atoms with Crippen molar-refractivity contribution in [2.45, 2.75) is 19.5 Å². The highest BCUT2D eigenvalue weighted by molar-refractivity contribution is 9.11. The standard InChI is InChI=1S/C13H15Br2N3/c1-3-18-8-9(7-17-18)13(16-2)11-5-4-10(14)6-12(11)15/h4-8,13,16H,3H2,1-2H3. The zero-order valence-electron chi connectivity index (χ0n) is 10.3. The van der Waals surface area contributed by atoms with Crippen LogP contribution >= 0.6 is 31.9 Å². The molecule has 18 heavy (non-hydrogen) atoms. The molecule has 0 radical (unpaired) electrons. The summed E-state index contributed by atoms with van der Waals surface area (Å²) < 4.78 is 4.09. The monoisotopic (exact) mass is 371 g/mol. The summed E-state index contributed by atoms with van der Waals surface area (Å²) in [6, 6.07) is 6.37. The van der Waals surface area contributed by atoms with Gasteiger partial charge in [-0.05, 0) is 31.7 Å². The number of hydrogen-bond donors (Lipinski definition) is 1. The Morgan fingerprint density at radius 2 is 2.17 bits per heavy atom. The third-order valence-electron chi connectivity index (χ3n) is 2.87. The van der Waals surface area contributed by atoms with E-state index in [4.69, 9.17) is 0 Å².